The monoisotopic (exact) mass is 488 g/mol. The third-order valence-corrected chi connectivity index (χ3v) is 5.85. The van der Waals surface area contributed by atoms with Gasteiger partial charge >= 0.3 is 5.97 Å². The lowest BCUT2D eigenvalue weighted by molar-refractivity contribution is -0.142. The molecule has 1 aliphatic rings. The van der Waals surface area contributed by atoms with Gasteiger partial charge in [0.25, 0.3) is 0 Å². The number of carboxylic acids is 1. The van der Waals surface area contributed by atoms with Crippen LogP contribution in [0.4, 0.5) is 0 Å². The maximum absolute atomic E-state index is 12.5. The van der Waals surface area contributed by atoms with E-state index in [4.69, 9.17) is 9.47 Å². The van der Waals surface area contributed by atoms with E-state index in [0.29, 0.717) is 36.7 Å². The van der Waals surface area contributed by atoms with Crippen LogP contribution in [0.2, 0.25) is 0 Å². The average Bonchev–Trinajstić information content (AvgIpc) is 3.34. The summed E-state index contributed by atoms with van der Waals surface area (Å²) < 4.78 is 12.1. The smallest absolute Gasteiger partial charge is 0.326 e. The van der Waals surface area contributed by atoms with Crippen molar-refractivity contribution >= 4 is 17.8 Å². The number of hydrogen-bond acceptors (Lipinski definition) is 5. The van der Waals surface area contributed by atoms with Gasteiger partial charge < -0.3 is 25.2 Å². The highest BCUT2D eigenvalue weighted by molar-refractivity contribution is 5.92. The zero-order chi connectivity index (χ0) is 25.3. The summed E-state index contributed by atoms with van der Waals surface area (Å²) in [7, 11) is 0. The lowest BCUT2D eigenvalue weighted by Crippen LogP contribution is -2.49. The van der Waals surface area contributed by atoms with E-state index < -0.39 is 24.0 Å². The summed E-state index contributed by atoms with van der Waals surface area (Å²) in [5.41, 5.74) is 2.64. The number of carbonyl (C=O) groups is 3. The van der Waals surface area contributed by atoms with Crippen molar-refractivity contribution in [3.63, 3.8) is 0 Å². The van der Waals surface area contributed by atoms with Crippen LogP contribution in [-0.2, 0) is 34.0 Å². The molecular weight excluding hydrogens is 460 g/mol. The molecule has 1 heterocycles. The van der Waals surface area contributed by atoms with Gasteiger partial charge in [0.1, 0.15) is 25.3 Å². The molecule has 1 saturated heterocycles. The molecular formula is C28H28N2O6. The van der Waals surface area contributed by atoms with Crippen molar-refractivity contribution in [1.82, 2.24) is 10.6 Å². The second kappa shape index (κ2) is 11.9. The average molecular weight is 489 g/mol. The number of carbonyl (C=O) groups excluding carboxylic acids is 2. The molecule has 8 heteroatoms. The van der Waals surface area contributed by atoms with Crippen LogP contribution in [0.5, 0.6) is 11.5 Å². The molecule has 1 aliphatic heterocycles. The van der Waals surface area contributed by atoms with Crippen molar-refractivity contribution in [2.45, 2.75) is 44.6 Å². The number of benzene rings is 3. The van der Waals surface area contributed by atoms with E-state index in [1.807, 2.05) is 60.7 Å². The van der Waals surface area contributed by atoms with Crippen LogP contribution in [-0.4, -0.2) is 35.0 Å². The Bertz CT molecular complexity index is 1200. The molecule has 0 aromatic heterocycles. The summed E-state index contributed by atoms with van der Waals surface area (Å²) in [4.78, 5) is 35.8. The molecule has 2 amide bonds. The normalized spacial score (nSPS) is 15.6. The van der Waals surface area contributed by atoms with E-state index in [0.717, 1.165) is 11.1 Å². The molecule has 3 N–H and O–H groups in total. The number of aliphatic carboxylic acids is 1. The van der Waals surface area contributed by atoms with Gasteiger partial charge in [-0.2, -0.15) is 0 Å². The van der Waals surface area contributed by atoms with Crippen molar-refractivity contribution in [2.24, 2.45) is 0 Å². The molecule has 8 nitrogen and oxygen atoms in total. The van der Waals surface area contributed by atoms with Crippen LogP contribution in [0.15, 0.2) is 78.9 Å². The van der Waals surface area contributed by atoms with Crippen LogP contribution in [0.25, 0.3) is 0 Å². The first-order valence-corrected chi connectivity index (χ1v) is 11.8. The van der Waals surface area contributed by atoms with E-state index in [1.54, 1.807) is 18.2 Å². The summed E-state index contributed by atoms with van der Waals surface area (Å²) in [5.74, 6) is -0.873. The summed E-state index contributed by atoms with van der Waals surface area (Å²) in [5, 5.41) is 14.8. The Hall–Kier alpha value is -4.33. The Morgan fingerprint density at radius 3 is 2.06 bits per heavy atom. The summed E-state index contributed by atoms with van der Waals surface area (Å²) >= 11 is 0. The van der Waals surface area contributed by atoms with Crippen molar-refractivity contribution in [3.8, 4) is 11.5 Å². The van der Waals surface area contributed by atoms with Crippen molar-refractivity contribution in [2.75, 3.05) is 0 Å². The van der Waals surface area contributed by atoms with Gasteiger partial charge in [-0.05, 0) is 35.2 Å². The SMILES string of the molecule is O=C1CC[C@H](C(=O)N[C@@H](Cc2ccc(OCc3ccccc3)c(OCc3ccccc3)c2)C(=O)O)N1. The van der Waals surface area contributed by atoms with Crippen LogP contribution in [0, 0.1) is 0 Å². The quantitative estimate of drug-likeness (QED) is 0.382. The summed E-state index contributed by atoms with van der Waals surface area (Å²) in [6, 6.07) is 22.8. The Labute approximate surface area is 209 Å². The second-order valence-corrected chi connectivity index (χ2v) is 8.59. The molecule has 0 saturated carbocycles. The van der Waals surface area contributed by atoms with Gasteiger partial charge in [0.15, 0.2) is 11.5 Å². The second-order valence-electron chi connectivity index (χ2n) is 8.59. The molecule has 3 aromatic carbocycles. The Morgan fingerprint density at radius 2 is 1.50 bits per heavy atom. The summed E-state index contributed by atoms with van der Waals surface area (Å²) in [6.07, 6.45) is 0.646. The number of rotatable bonds is 11. The molecule has 2 atom stereocenters. The highest BCUT2D eigenvalue weighted by Gasteiger charge is 2.30. The molecule has 0 bridgehead atoms. The molecule has 1 fully saturated rings. The first-order chi connectivity index (χ1) is 17.5. The Morgan fingerprint density at radius 1 is 0.889 bits per heavy atom. The molecule has 186 valence electrons. The van der Waals surface area contributed by atoms with E-state index in [9.17, 15) is 19.5 Å². The van der Waals surface area contributed by atoms with E-state index in [2.05, 4.69) is 10.6 Å². The minimum absolute atomic E-state index is 0.0440. The highest BCUT2D eigenvalue weighted by Crippen LogP contribution is 2.30. The topological polar surface area (TPSA) is 114 Å². The Kier molecular flexibility index (Phi) is 8.18. The number of nitrogens with one attached hydrogen (secondary N) is 2. The van der Waals surface area contributed by atoms with E-state index in [-0.39, 0.29) is 18.7 Å². The molecule has 4 rings (SSSR count). The van der Waals surface area contributed by atoms with Gasteiger partial charge in [0.2, 0.25) is 11.8 Å². The third-order valence-electron chi connectivity index (χ3n) is 5.85. The lowest BCUT2D eigenvalue weighted by atomic mass is 10.0. The van der Waals surface area contributed by atoms with Crippen LogP contribution in [0.3, 0.4) is 0 Å². The van der Waals surface area contributed by atoms with Crippen molar-refractivity contribution in [1.29, 1.82) is 0 Å². The van der Waals surface area contributed by atoms with Crippen molar-refractivity contribution in [3.05, 3.63) is 95.6 Å². The predicted molar refractivity (Wildman–Crippen MR) is 132 cm³/mol. The minimum atomic E-state index is -1.16. The Balaban J connectivity index is 1.49. The first kappa shape index (κ1) is 24.8. The predicted octanol–water partition coefficient (Wildman–Crippen LogP) is 3.24. The minimum Gasteiger partial charge on any atom is -0.485 e. The van der Waals surface area contributed by atoms with Gasteiger partial charge in [-0.15, -0.1) is 0 Å². The first-order valence-electron chi connectivity index (χ1n) is 11.8. The van der Waals surface area contributed by atoms with Gasteiger partial charge in [-0.1, -0.05) is 66.7 Å². The van der Waals surface area contributed by atoms with E-state index >= 15 is 0 Å². The molecule has 0 spiro atoms. The maximum Gasteiger partial charge on any atom is 0.326 e. The van der Waals surface area contributed by atoms with Crippen molar-refractivity contribution < 1.29 is 29.0 Å². The molecule has 0 radical (unpaired) electrons. The third kappa shape index (κ3) is 6.85. The number of hydrogen-bond donors (Lipinski definition) is 3. The van der Waals surface area contributed by atoms with Crippen LogP contribution < -0.4 is 20.1 Å². The fraction of sp³-hybridized carbons (Fsp3) is 0.250. The van der Waals surface area contributed by atoms with Gasteiger partial charge in [0, 0.05) is 12.8 Å². The van der Waals surface area contributed by atoms with Crippen LogP contribution in [0.1, 0.15) is 29.5 Å². The zero-order valence-electron chi connectivity index (χ0n) is 19.7. The molecule has 3 aromatic rings. The molecule has 0 unspecified atom stereocenters. The number of amides is 2. The lowest BCUT2D eigenvalue weighted by Gasteiger charge is -2.19. The highest BCUT2D eigenvalue weighted by atomic mass is 16.5. The summed E-state index contributed by atoms with van der Waals surface area (Å²) in [6.45, 7) is 0.662. The molecule has 0 aliphatic carbocycles. The van der Waals surface area contributed by atoms with Gasteiger partial charge in [0.05, 0.1) is 0 Å². The van der Waals surface area contributed by atoms with Gasteiger partial charge in [-0.25, -0.2) is 4.79 Å². The maximum atomic E-state index is 12.5. The standard InChI is InChI=1S/C28H28N2O6/c31-26-14-12-22(29-26)27(32)30-23(28(33)34)15-21-11-13-24(35-17-19-7-3-1-4-8-19)25(16-21)36-18-20-9-5-2-6-10-20/h1-11,13,16,22-23H,12,14-15,17-18H2,(H,29,31)(H,30,32)(H,33,34)/t22-,23+/m1/s1. The van der Waals surface area contributed by atoms with Gasteiger partial charge in [-0.3, -0.25) is 9.59 Å². The zero-order valence-corrected chi connectivity index (χ0v) is 19.7. The largest absolute Gasteiger partial charge is 0.485 e. The van der Waals surface area contributed by atoms with Crippen LogP contribution >= 0.6 is 0 Å². The number of carboxylic acid groups (broad SMARTS) is 1. The van der Waals surface area contributed by atoms with E-state index in [1.165, 1.54) is 0 Å². The fourth-order valence-electron chi connectivity index (χ4n) is 3.90. The molecule has 36 heavy (non-hydrogen) atoms. The number of ether oxygens (including phenoxy) is 2. The fourth-order valence-corrected chi connectivity index (χ4v) is 3.90.